The molecule has 5 N–H and O–H groups in total. The fourth-order valence-corrected chi connectivity index (χ4v) is 4.35. The van der Waals surface area contributed by atoms with E-state index in [1.54, 1.807) is 6.92 Å². The molecule has 0 aliphatic carbocycles. The molecule has 0 aliphatic rings. The minimum absolute atomic E-state index is 0.445. The average molecular weight is 285 g/mol. The van der Waals surface area contributed by atoms with Crippen molar-refractivity contribution >= 4 is 14.5 Å². The van der Waals surface area contributed by atoms with Gasteiger partial charge in [0.25, 0.3) is 0 Å². The van der Waals surface area contributed by atoms with Gasteiger partial charge in [-0.25, -0.2) is 0 Å². The molecule has 0 heterocycles. The lowest BCUT2D eigenvalue weighted by molar-refractivity contribution is 0.0921. The molecule has 1 aromatic carbocycles. The number of anilines is 1. The van der Waals surface area contributed by atoms with E-state index in [1.807, 2.05) is 30.3 Å². The molecule has 2 unspecified atom stereocenters. The molecule has 1 rings (SSSR count). The molecule has 0 bridgehead atoms. The molecule has 0 saturated heterocycles. The van der Waals surface area contributed by atoms with Gasteiger partial charge in [0.15, 0.2) is 5.29 Å². The van der Waals surface area contributed by atoms with Gasteiger partial charge >= 0.3 is 8.80 Å². The third kappa shape index (κ3) is 2.97. The fourth-order valence-electron chi connectivity index (χ4n) is 1.99. The van der Waals surface area contributed by atoms with Gasteiger partial charge in [-0.05, 0) is 19.1 Å². The van der Waals surface area contributed by atoms with Gasteiger partial charge in [-0.2, -0.15) is 0 Å². The fraction of sp³-hybridized carbons (Fsp3) is 0.500. The van der Waals surface area contributed by atoms with Crippen LogP contribution in [0.4, 0.5) is 5.69 Å². The highest BCUT2D eigenvalue weighted by Crippen LogP contribution is 2.25. The summed E-state index contributed by atoms with van der Waals surface area (Å²) in [7, 11) is 1.35. The van der Waals surface area contributed by atoms with Crippen LogP contribution >= 0.6 is 0 Å². The van der Waals surface area contributed by atoms with Crippen LogP contribution in [-0.2, 0) is 13.3 Å². The van der Waals surface area contributed by atoms with Crippen LogP contribution < -0.4 is 16.8 Å². The molecule has 1 aromatic rings. The van der Waals surface area contributed by atoms with E-state index in [0.717, 1.165) is 5.69 Å². The Labute approximate surface area is 115 Å². The van der Waals surface area contributed by atoms with Gasteiger partial charge in [-0.3, -0.25) is 0 Å². The predicted molar refractivity (Wildman–Crippen MR) is 77.4 cm³/mol. The van der Waals surface area contributed by atoms with Gasteiger partial charge in [0, 0.05) is 33.1 Å². The second-order valence-electron chi connectivity index (χ2n) is 4.32. The lowest BCUT2D eigenvalue weighted by Gasteiger charge is -2.44. The molecule has 0 aromatic heterocycles. The molecule has 7 heteroatoms. The normalized spacial score (nSPS) is 16.7. The topological polar surface area (TPSA) is 91.8 Å². The first-order valence-corrected chi connectivity index (χ1v) is 7.71. The van der Waals surface area contributed by atoms with Gasteiger partial charge in [0.05, 0.1) is 0 Å². The van der Waals surface area contributed by atoms with Gasteiger partial charge in [-0.15, -0.1) is 0 Å². The van der Waals surface area contributed by atoms with Gasteiger partial charge in [0.2, 0.25) is 0 Å². The first kappa shape index (κ1) is 16.1. The maximum Gasteiger partial charge on any atom is 0.544 e. The highest BCUT2D eigenvalue weighted by atomic mass is 28.4. The maximum atomic E-state index is 6.43. The van der Waals surface area contributed by atoms with Gasteiger partial charge in [0.1, 0.15) is 0 Å². The van der Waals surface area contributed by atoms with Crippen molar-refractivity contribution in [3.63, 3.8) is 0 Å². The van der Waals surface area contributed by atoms with E-state index in [9.17, 15) is 0 Å². The Balaban J connectivity index is 3.16. The summed E-state index contributed by atoms with van der Waals surface area (Å²) in [6.07, 6.45) is 0. The van der Waals surface area contributed by atoms with Crippen molar-refractivity contribution in [2.24, 2.45) is 11.5 Å². The molecule has 0 amide bonds. The van der Waals surface area contributed by atoms with E-state index in [2.05, 4.69) is 5.32 Å². The van der Waals surface area contributed by atoms with E-state index < -0.39 is 20.1 Å². The quantitative estimate of drug-likeness (QED) is 0.500. The van der Waals surface area contributed by atoms with E-state index in [-0.39, 0.29) is 0 Å². The van der Waals surface area contributed by atoms with Crippen molar-refractivity contribution in [1.82, 2.24) is 0 Å². The van der Waals surface area contributed by atoms with Crippen LogP contribution in [0.2, 0.25) is 0 Å². The number of hydrogen-bond acceptors (Lipinski definition) is 6. The number of rotatable bonds is 7. The summed E-state index contributed by atoms with van der Waals surface area (Å²) in [6, 6.07) is 9.07. The number of nitrogens with two attached hydrogens (primary N) is 2. The zero-order valence-corrected chi connectivity index (χ0v) is 12.8. The van der Waals surface area contributed by atoms with Crippen molar-refractivity contribution < 1.29 is 13.3 Å². The van der Waals surface area contributed by atoms with E-state index in [1.165, 1.54) is 21.3 Å². The Morgan fingerprint density at radius 1 is 1.11 bits per heavy atom. The number of para-hydroxylation sites is 1. The first-order valence-electron chi connectivity index (χ1n) is 5.99. The summed E-state index contributed by atoms with van der Waals surface area (Å²) in [5, 5.41) is 2.06. The van der Waals surface area contributed by atoms with E-state index in [4.69, 9.17) is 24.7 Å². The second kappa shape index (κ2) is 6.46. The summed E-state index contributed by atoms with van der Waals surface area (Å²) < 4.78 is 16.4. The standard InChI is InChI=1S/C12H23N3O3Si/c1-10(13)12(14,19(16-2,17-3)18-4)15-11-8-6-5-7-9-11/h5-10,15H,13-14H2,1-4H3. The van der Waals surface area contributed by atoms with Crippen LogP contribution in [-0.4, -0.2) is 41.5 Å². The number of nitrogens with one attached hydrogen (secondary N) is 1. The minimum Gasteiger partial charge on any atom is -0.375 e. The molecule has 108 valence electrons. The van der Waals surface area contributed by atoms with Crippen LogP contribution in [0.15, 0.2) is 30.3 Å². The largest absolute Gasteiger partial charge is 0.544 e. The molecular weight excluding hydrogens is 262 g/mol. The predicted octanol–water partition coefficient (Wildman–Crippen LogP) is 0.518. The van der Waals surface area contributed by atoms with Crippen LogP contribution in [0.1, 0.15) is 6.92 Å². The van der Waals surface area contributed by atoms with Gasteiger partial charge < -0.3 is 30.1 Å². The lowest BCUT2D eigenvalue weighted by atomic mass is 10.2. The molecule has 19 heavy (non-hydrogen) atoms. The van der Waals surface area contributed by atoms with Crippen LogP contribution in [0.3, 0.4) is 0 Å². The Kier molecular flexibility index (Phi) is 5.47. The lowest BCUT2D eigenvalue weighted by Crippen LogP contribution is -2.79. The molecule has 0 radical (unpaired) electrons. The molecule has 0 fully saturated rings. The third-order valence-electron chi connectivity index (χ3n) is 3.16. The average Bonchev–Trinajstić information content (AvgIpc) is 2.42. The summed E-state index contributed by atoms with van der Waals surface area (Å²) in [5.41, 5.74) is 13.3. The monoisotopic (exact) mass is 285 g/mol. The molecule has 0 aliphatic heterocycles. The molecule has 0 spiro atoms. The highest BCUT2D eigenvalue weighted by Gasteiger charge is 2.60. The van der Waals surface area contributed by atoms with Gasteiger partial charge in [-0.1, -0.05) is 18.2 Å². The third-order valence-corrected chi connectivity index (χ3v) is 6.36. The molecule has 0 saturated carbocycles. The zero-order valence-electron chi connectivity index (χ0n) is 11.8. The Morgan fingerprint density at radius 3 is 1.95 bits per heavy atom. The van der Waals surface area contributed by atoms with E-state index in [0.29, 0.717) is 0 Å². The zero-order chi connectivity index (χ0) is 14.5. The van der Waals surface area contributed by atoms with Crippen molar-refractivity contribution in [2.75, 3.05) is 26.6 Å². The van der Waals surface area contributed by atoms with Crippen molar-refractivity contribution in [3.8, 4) is 0 Å². The van der Waals surface area contributed by atoms with Crippen LogP contribution in [0.5, 0.6) is 0 Å². The Hall–Kier alpha value is -0.963. The summed E-state index contributed by atoms with van der Waals surface area (Å²) in [4.78, 5) is 0. The summed E-state index contributed by atoms with van der Waals surface area (Å²) in [6.45, 7) is 1.79. The highest BCUT2D eigenvalue weighted by molar-refractivity contribution is 6.65. The SMILES string of the molecule is CO[Si](OC)(OC)C(N)(Nc1ccccc1)C(C)N. The molecule has 6 nitrogen and oxygen atoms in total. The minimum atomic E-state index is -3.18. The second-order valence-corrected chi connectivity index (χ2v) is 7.48. The molecular formula is C12H23N3O3Si. The smallest absolute Gasteiger partial charge is 0.375 e. The first-order chi connectivity index (χ1) is 8.95. The van der Waals surface area contributed by atoms with Crippen LogP contribution in [0.25, 0.3) is 0 Å². The summed E-state index contributed by atoms with van der Waals surface area (Å²) >= 11 is 0. The van der Waals surface area contributed by atoms with Crippen molar-refractivity contribution in [1.29, 1.82) is 0 Å². The van der Waals surface area contributed by atoms with E-state index >= 15 is 0 Å². The molecule has 2 atom stereocenters. The van der Waals surface area contributed by atoms with Crippen LogP contribution in [0, 0.1) is 0 Å². The Morgan fingerprint density at radius 2 is 1.58 bits per heavy atom. The number of hydrogen-bond donors (Lipinski definition) is 3. The van der Waals surface area contributed by atoms with Crippen molar-refractivity contribution in [3.05, 3.63) is 30.3 Å². The Bertz CT molecular complexity index is 379. The maximum absolute atomic E-state index is 6.43. The summed E-state index contributed by atoms with van der Waals surface area (Å²) in [5.74, 6) is 0. The van der Waals surface area contributed by atoms with Crippen molar-refractivity contribution in [2.45, 2.75) is 18.3 Å². The number of benzene rings is 1.